The lowest BCUT2D eigenvalue weighted by Gasteiger charge is -2.34. The first-order chi connectivity index (χ1) is 13.9. The van der Waals surface area contributed by atoms with Gasteiger partial charge in [0.2, 0.25) is 15.9 Å². The molecule has 1 aromatic carbocycles. The fourth-order valence-electron chi connectivity index (χ4n) is 4.12. The van der Waals surface area contributed by atoms with Crippen molar-refractivity contribution in [2.75, 3.05) is 39.8 Å². The van der Waals surface area contributed by atoms with E-state index in [1.807, 2.05) is 4.90 Å². The average Bonchev–Trinajstić information content (AvgIpc) is 2.75. The van der Waals surface area contributed by atoms with E-state index >= 15 is 0 Å². The molecule has 1 saturated heterocycles. The zero-order chi connectivity index (χ0) is 20.9. The quantitative estimate of drug-likeness (QED) is 0.700. The fourth-order valence-corrected chi connectivity index (χ4v) is 6.23. The van der Waals surface area contributed by atoms with Gasteiger partial charge in [0.25, 0.3) is 0 Å². The number of sulfonamides is 1. The Kier molecular flexibility index (Phi) is 7.79. The molecule has 9 heteroatoms. The third-order valence-electron chi connectivity index (χ3n) is 5.71. The van der Waals surface area contributed by atoms with Crippen LogP contribution < -0.4 is 10.1 Å². The van der Waals surface area contributed by atoms with Gasteiger partial charge in [-0.2, -0.15) is 4.31 Å². The van der Waals surface area contributed by atoms with Crippen molar-refractivity contribution in [3.63, 3.8) is 0 Å². The normalized spacial score (nSPS) is 18.8. The van der Waals surface area contributed by atoms with Crippen molar-refractivity contribution in [2.24, 2.45) is 0 Å². The summed E-state index contributed by atoms with van der Waals surface area (Å²) in [5, 5.41) is 3.56. The molecule has 1 aromatic rings. The van der Waals surface area contributed by atoms with E-state index in [0.717, 1.165) is 45.2 Å². The molecule has 29 heavy (non-hydrogen) atoms. The third kappa shape index (κ3) is 5.42. The number of amides is 1. The van der Waals surface area contributed by atoms with Crippen LogP contribution in [-0.4, -0.2) is 69.4 Å². The number of ether oxygens (including phenoxy) is 1. The number of carbonyl (C=O) groups is 1. The van der Waals surface area contributed by atoms with E-state index < -0.39 is 10.0 Å². The van der Waals surface area contributed by atoms with Crippen molar-refractivity contribution in [2.45, 2.75) is 49.5 Å². The summed E-state index contributed by atoms with van der Waals surface area (Å²) >= 11 is 6.09. The molecule has 162 valence electrons. The van der Waals surface area contributed by atoms with Crippen molar-refractivity contribution in [1.82, 2.24) is 14.5 Å². The largest absolute Gasteiger partial charge is 0.495 e. The first-order valence-corrected chi connectivity index (χ1v) is 12.1. The lowest BCUT2D eigenvalue weighted by molar-refractivity contribution is -0.131. The molecule has 1 aliphatic heterocycles. The van der Waals surface area contributed by atoms with Crippen LogP contribution in [0.5, 0.6) is 5.75 Å². The molecule has 2 fully saturated rings. The number of rotatable bonds is 7. The second kappa shape index (κ2) is 10.1. The molecule has 0 atom stereocenters. The van der Waals surface area contributed by atoms with Gasteiger partial charge in [-0.05, 0) is 31.0 Å². The van der Waals surface area contributed by atoms with E-state index in [1.54, 1.807) is 12.1 Å². The Morgan fingerprint density at radius 3 is 2.59 bits per heavy atom. The minimum absolute atomic E-state index is 0.000526. The predicted molar refractivity (Wildman–Crippen MR) is 113 cm³/mol. The lowest BCUT2D eigenvalue weighted by Crippen LogP contribution is -2.48. The number of nitrogens with zero attached hydrogens (tertiary/aromatic N) is 2. The number of carbonyl (C=O) groups excluding carboxylic acids is 1. The Bertz CT molecular complexity index is 806. The van der Waals surface area contributed by atoms with Gasteiger partial charge in [-0.25, -0.2) is 8.42 Å². The van der Waals surface area contributed by atoms with Gasteiger partial charge in [-0.15, -0.1) is 0 Å². The first-order valence-electron chi connectivity index (χ1n) is 10.3. The van der Waals surface area contributed by atoms with Crippen LogP contribution in [0.4, 0.5) is 0 Å². The third-order valence-corrected chi connectivity index (χ3v) is 7.92. The first kappa shape index (κ1) is 22.3. The van der Waals surface area contributed by atoms with E-state index in [2.05, 4.69) is 5.32 Å². The lowest BCUT2D eigenvalue weighted by atomic mass is 9.95. The van der Waals surface area contributed by atoms with Crippen molar-refractivity contribution in [3.8, 4) is 5.75 Å². The van der Waals surface area contributed by atoms with Crippen LogP contribution in [0.25, 0.3) is 0 Å². The number of benzene rings is 1. The maximum absolute atomic E-state index is 13.6. The van der Waals surface area contributed by atoms with E-state index in [4.69, 9.17) is 16.3 Å². The average molecular weight is 444 g/mol. The zero-order valence-corrected chi connectivity index (χ0v) is 18.5. The van der Waals surface area contributed by atoms with E-state index in [9.17, 15) is 13.2 Å². The van der Waals surface area contributed by atoms with Gasteiger partial charge in [0, 0.05) is 50.2 Å². The summed E-state index contributed by atoms with van der Waals surface area (Å²) in [4.78, 5) is 14.5. The Morgan fingerprint density at radius 2 is 1.93 bits per heavy atom. The monoisotopic (exact) mass is 443 g/mol. The standard InChI is InChI=1S/C20H30ClN3O4S/c1-28-18-8-7-16(21)15-19(18)29(26,27)24(17-5-3-2-4-6-17)12-9-20(25)23-13-10-22-11-14-23/h7-8,15,17,22H,2-6,9-14H2,1H3. The molecule has 0 spiro atoms. The Hall–Kier alpha value is -1.35. The van der Waals surface area contributed by atoms with Gasteiger partial charge in [0.15, 0.2) is 0 Å². The molecule has 0 unspecified atom stereocenters. The van der Waals surface area contributed by atoms with Crippen molar-refractivity contribution >= 4 is 27.5 Å². The molecule has 3 rings (SSSR count). The van der Waals surface area contributed by atoms with Crippen LogP contribution in [0.15, 0.2) is 23.1 Å². The second-order valence-corrected chi connectivity index (χ2v) is 9.88. The molecule has 2 aliphatic rings. The van der Waals surface area contributed by atoms with E-state index in [-0.39, 0.29) is 35.6 Å². The number of halogens is 1. The highest BCUT2D eigenvalue weighted by molar-refractivity contribution is 7.89. The van der Waals surface area contributed by atoms with Crippen LogP contribution >= 0.6 is 11.6 Å². The van der Waals surface area contributed by atoms with E-state index in [0.29, 0.717) is 18.1 Å². The van der Waals surface area contributed by atoms with Gasteiger partial charge < -0.3 is 15.0 Å². The van der Waals surface area contributed by atoms with Gasteiger partial charge in [0.05, 0.1) is 7.11 Å². The summed E-state index contributed by atoms with van der Waals surface area (Å²) < 4.78 is 34.0. The van der Waals surface area contributed by atoms with Gasteiger partial charge in [0.1, 0.15) is 10.6 Å². The van der Waals surface area contributed by atoms with Crippen LogP contribution in [0.2, 0.25) is 5.02 Å². The molecule has 0 radical (unpaired) electrons. The summed E-state index contributed by atoms with van der Waals surface area (Å²) in [7, 11) is -2.41. The van der Waals surface area contributed by atoms with E-state index in [1.165, 1.54) is 17.5 Å². The maximum Gasteiger partial charge on any atom is 0.247 e. The van der Waals surface area contributed by atoms with Crippen LogP contribution in [0, 0.1) is 0 Å². The smallest absolute Gasteiger partial charge is 0.247 e. The van der Waals surface area contributed by atoms with Gasteiger partial charge in [-0.3, -0.25) is 4.79 Å². The van der Waals surface area contributed by atoms with Crippen molar-refractivity contribution in [3.05, 3.63) is 23.2 Å². The van der Waals surface area contributed by atoms with Gasteiger partial charge >= 0.3 is 0 Å². The summed E-state index contributed by atoms with van der Waals surface area (Å²) in [6.07, 6.45) is 4.90. The number of methoxy groups -OCH3 is 1. The fraction of sp³-hybridized carbons (Fsp3) is 0.650. The Labute approximate surface area is 178 Å². The highest BCUT2D eigenvalue weighted by Crippen LogP contribution is 2.33. The summed E-state index contributed by atoms with van der Waals surface area (Å²) in [5.41, 5.74) is 0. The van der Waals surface area contributed by atoms with Crippen LogP contribution in [-0.2, 0) is 14.8 Å². The predicted octanol–water partition coefficient (Wildman–Crippen LogP) is 2.49. The minimum Gasteiger partial charge on any atom is -0.495 e. The van der Waals surface area contributed by atoms with Gasteiger partial charge in [-0.1, -0.05) is 30.9 Å². The summed E-state index contributed by atoms with van der Waals surface area (Å²) in [6.45, 7) is 3.05. The minimum atomic E-state index is -3.85. The number of piperazine rings is 1. The molecular weight excluding hydrogens is 414 g/mol. The molecule has 1 aliphatic carbocycles. The second-order valence-electron chi connectivity index (χ2n) is 7.58. The molecular formula is C20H30ClN3O4S. The summed E-state index contributed by atoms with van der Waals surface area (Å²) in [5.74, 6) is 0.268. The zero-order valence-electron chi connectivity index (χ0n) is 16.9. The number of hydrogen-bond acceptors (Lipinski definition) is 5. The van der Waals surface area contributed by atoms with Crippen LogP contribution in [0.3, 0.4) is 0 Å². The Morgan fingerprint density at radius 1 is 1.24 bits per heavy atom. The molecule has 1 amide bonds. The molecule has 0 aromatic heterocycles. The molecule has 0 bridgehead atoms. The van der Waals surface area contributed by atoms with Crippen molar-refractivity contribution in [1.29, 1.82) is 0 Å². The molecule has 7 nitrogen and oxygen atoms in total. The highest BCUT2D eigenvalue weighted by atomic mass is 35.5. The summed E-state index contributed by atoms with van der Waals surface area (Å²) in [6, 6.07) is 4.51. The highest BCUT2D eigenvalue weighted by Gasteiger charge is 2.35. The topological polar surface area (TPSA) is 79.0 Å². The SMILES string of the molecule is COc1ccc(Cl)cc1S(=O)(=O)N(CCC(=O)N1CCNCC1)C1CCCCC1. The van der Waals surface area contributed by atoms with Crippen molar-refractivity contribution < 1.29 is 17.9 Å². The number of nitrogens with one attached hydrogen (secondary N) is 1. The molecule has 1 heterocycles. The Balaban J connectivity index is 1.84. The molecule has 1 saturated carbocycles. The number of hydrogen-bond donors (Lipinski definition) is 1. The molecule has 1 N–H and O–H groups in total. The van der Waals surface area contributed by atoms with Crippen LogP contribution in [0.1, 0.15) is 38.5 Å². The maximum atomic E-state index is 13.6.